The third-order valence-electron chi connectivity index (χ3n) is 7.75. The van der Waals surface area contributed by atoms with Gasteiger partial charge in [-0.1, -0.05) is 18.6 Å². The van der Waals surface area contributed by atoms with Crippen LogP contribution in [0.5, 0.6) is 0 Å². The summed E-state index contributed by atoms with van der Waals surface area (Å²) in [4.78, 5) is 18.6. The highest BCUT2D eigenvalue weighted by atomic mass is 19.1. The highest BCUT2D eigenvalue weighted by Gasteiger charge is 2.46. The molecule has 8 nitrogen and oxygen atoms in total. The SMILES string of the molecule is CCC(F)CNC(C=C(C)C)C(C(=O)NC1CNCC(C2CC2)C1N1CCN(C)CC1)C(N)N. The van der Waals surface area contributed by atoms with E-state index in [1.54, 1.807) is 0 Å². The van der Waals surface area contributed by atoms with Crippen LogP contribution < -0.4 is 27.4 Å². The van der Waals surface area contributed by atoms with Crippen molar-refractivity contribution < 1.29 is 9.18 Å². The molecule has 1 saturated carbocycles. The van der Waals surface area contributed by atoms with E-state index in [0.29, 0.717) is 18.4 Å². The van der Waals surface area contributed by atoms with Gasteiger partial charge in [0.1, 0.15) is 6.17 Å². The monoisotopic (exact) mass is 481 g/mol. The molecule has 2 aliphatic heterocycles. The molecular formula is C25H48FN7O. The lowest BCUT2D eigenvalue weighted by Gasteiger charge is -2.48. The number of likely N-dealkylation sites (N-methyl/N-ethyl adjacent to an activating group) is 1. The summed E-state index contributed by atoms with van der Waals surface area (Å²) in [6.07, 6.45) is 3.09. The van der Waals surface area contributed by atoms with Gasteiger partial charge in [-0.2, -0.15) is 0 Å². The van der Waals surface area contributed by atoms with E-state index in [2.05, 4.69) is 32.8 Å². The van der Waals surface area contributed by atoms with E-state index >= 15 is 0 Å². The number of nitrogens with zero attached hydrogens (tertiary/aromatic N) is 2. The quantitative estimate of drug-likeness (QED) is 0.212. The average Bonchev–Trinajstić information content (AvgIpc) is 3.62. The van der Waals surface area contributed by atoms with Crippen molar-refractivity contribution in [2.75, 3.05) is 52.9 Å². The maximum atomic E-state index is 14.0. The third kappa shape index (κ3) is 7.45. The molecule has 3 rings (SSSR count). The van der Waals surface area contributed by atoms with Gasteiger partial charge in [-0.15, -0.1) is 0 Å². The van der Waals surface area contributed by atoms with Crippen LogP contribution in [0.15, 0.2) is 11.6 Å². The molecular weight excluding hydrogens is 433 g/mol. The van der Waals surface area contributed by atoms with Crippen molar-refractivity contribution in [3.05, 3.63) is 11.6 Å². The fourth-order valence-electron chi connectivity index (χ4n) is 5.61. The summed E-state index contributed by atoms with van der Waals surface area (Å²) in [5.74, 6) is 0.434. The van der Waals surface area contributed by atoms with Gasteiger partial charge in [0.2, 0.25) is 5.91 Å². The molecule has 6 atom stereocenters. The van der Waals surface area contributed by atoms with Crippen LogP contribution in [0.1, 0.15) is 40.0 Å². The van der Waals surface area contributed by atoms with Crippen molar-refractivity contribution >= 4 is 5.91 Å². The molecule has 0 bridgehead atoms. The maximum Gasteiger partial charge on any atom is 0.228 e. The fraction of sp³-hybridized carbons (Fsp3) is 0.880. The van der Waals surface area contributed by atoms with Crippen molar-refractivity contribution in [1.29, 1.82) is 0 Å². The van der Waals surface area contributed by atoms with E-state index in [1.165, 1.54) is 12.8 Å². The van der Waals surface area contributed by atoms with Gasteiger partial charge in [0.25, 0.3) is 0 Å². The number of nitrogens with one attached hydrogen (secondary N) is 3. The van der Waals surface area contributed by atoms with E-state index < -0.39 is 24.3 Å². The zero-order chi connectivity index (χ0) is 24.8. The van der Waals surface area contributed by atoms with Crippen LogP contribution in [0.3, 0.4) is 0 Å². The van der Waals surface area contributed by atoms with Crippen molar-refractivity contribution in [3.63, 3.8) is 0 Å². The predicted octanol–water partition coefficient (Wildman–Crippen LogP) is 0.249. The fourth-order valence-corrected chi connectivity index (χ4v) is 5.61. The standard InChI is InChI=1S/C25H48FN7O/c1-5-18(26)13-30-20(12-16(2)3)22(24(27)28)25(34)31-21-15-29-14-19(17-6-7-17)23(21)33-10-8-32(4)9-11-33/h12,17-24,29-30H,5-11,13-15,27-28H2,1-4H3,(H,31,34). The van der Waals surface area contributed by atoms with Crippen LogP contribution in [0.25, 0.3) is 0 Å². The Kier molecular flexibility index (Phi) is 10.3. The minimum Gasteiger partial charge on any atom is -0.350 e. The zero-order valence-electron chi connectivity index (χ0n) is 21.6. The first kappa shape index (κ1) is 27.5. The molecule has 34 heavy (non-hydrogen) atoms. The smallest absolute Gasteiger partial charge is 0.228 e. The average molecular weight is 482 g/mol. The highest BCUT2D eigenvalue weighted by molar-refractivity contribution is 5.81. The molecule has 0 radical (unpaired) electrons. The molecule has 3 fully saturated rings. The molecule has 3 aliphatic rings. The topological polar surface area (TPSA) is 112 Å². The normalized spacial score (nSPS) is 29.5. The Bertz CT molecular complexity index is 674. The number of halogens is 1. The first-order valence-electron chi connectivity index (χ1n) is 13.2. The van der Waals surface area contributed by atoms with Gasteiger partial charge in [-0.3, -0.25) is 9.69 Å². The predicted molar refractivity (Wildman–Crippen MR) is 136 cm³/mol. The Balaban J connectivity index is 1.77. The number of amides is 1. The van der Waals surface area contributed by atoms with E-state index in [0.717, 1.165) is 50.8 Å². The van der Waals surface area contributed by atoms with Gasteiger partial charge in [0.15, 0.2) is 0 Å². The number of piperazine rings is 1. The number of allylic oxidation sites excluding steroid dienone is 1. The van der Waals surface area contributed by atoms with Gasteiger partial charge >= 0.3 is 0 Å². The summed E-state index contributed by atoms with van der Waals surface area (Å²) in [5.41, 5.74) is 13.4. The Hall–Kier alpha value is -1.10. The maximum absolute atomic E-state index is 14.0. The molecule has 0 aromatic rings. The second kappa shape index (κ2) is 12.7. The number of hydrogen-bond acceptors (Lipinski definition) is 7. The molecule has 7 N–H and O–H groups in total. The number of nitrogens with two attached hydrogens (primary N) is 2. The van der Waals surface area contributed by atoms with Crippen LogP contribution in [0, 0.1) is 17.8 Å². The lowest BCUT2D eigenvalue weighted by molar-refractivity contribution is -0.128. The van der Waals surface area contributed by atoms with Gasteiger partial charge in [0.05, 0.1) is 18.1 Å². The second-order valence-electron chi connectivity index (χ2n) is 10.9. The lowest BCUT2D eigenvalue weighted by Crippen LogP contribution is -2.68. The third-order valence-corrected chi connectivity index (χ3v) is 7.75. The van der Waals surface area contributed by atoms with Crippen LogP contribution in [0.2, 0.25) is 0 Å². The molecule has 0 spiro atoms. The first-order valence-corrected chi connectivity index (χ1v) is 13.2. The summed E-state index contributed by atoms with van der Waals surface area (Å²) >= 11 is 0. The Morgan fingerprint density at radius 2 is 1.85 bits per heavy atom. The summed E-state index contributed by atoms with van der Waals surface area (Å²) in [6.45, 7) is 11.8. The number of hydrogen-bond donors (Lipinski definition) is 5. The molecule has 1 aliphatic carbocycles. The van der Waals surface area contributed by atoms with Crippen LogP contribution in [0.4, 0.5) is 4.39 Å². The number of carbonyl (C=O) groups is 1. The van der Waals surface area contributed by atoms with Gasteiger partial charge in [0, 0.05) is 51.4 Å². The van der Waals surface area contributed by atoms with Gasteiger partial charge in [-0.25, -0.2) is 4.39 Å². The van der Waals surface area contributed by atoms with E-state index in [1.807, 2.05) is 26.8 Å². The van der Waals surface area contributed by atoms with E-state index in [-0.39, 0.29) is 18.5 Å². The lowest BCUT2D eigenvalue weighted by atomic mass is 9.83. The van der Waals surface area contributed by atoms with E-state index in [9.17, 15) is 9.18 Å². The molecule has 0 aromatic carbocycles. The molecule has 6 unspecified atom stereocenters. The number of piperidine rings is 1. The van der Waals surface area contributed by atoms with Gasteiger partial charge < -0.3 is 32.3 Å². The number of alkyl halides is 1. The van der Waals surface area contributed by atoms with Crippen molar-refractivity contribution in [2.24, 2.45) is 29.2 Å². The summed E-state index contributed by atoms with van der Waals surface area (Å²) in [6, 6.07) is -0.118. The van der Waals surface area contributed by atoms with Crippen LogP contribution >= 0.6 is 0 Å². The molecule has 2 heterocycles. The summed E-state index contributed by atoms with van der Waals surface area (Å²) in [7, 11) is 2.17. The summed E-state index contributed by atoms with van der Waals surface area (Å²) in [5, 5.41) is 10.1. The second-order valence-corrected chi connectivity index (χ2v) is 10.9. The largest absolute Gasteiger partial charge is 0.350 e. The van der Waals surface area contributed by atoms with Crippen molar-refractivity contribution in [3.8, 4) is 0 Å². The van der Waals surface area contributed by atoms with Crippen LogP contribution in [-0.2, 0) is 4.79 Å². The molecule has 0 aromatic heterocycles. The minimum absolute atomic E-state index is 0.00609. The Morgan fingerprint density at radius 1 is 1.18 bits per heavy atom. The van der Waals surface area contributed by atoms with Crippen LogP contribution in [-0.4, -0.2) is 99.0 Å². The summed E-state index contributed by atoms with van der Waals surface area (Å²) < 4.78 is 14.0. The molecule has 1 amide bonds. The van der Waals surface area contributed by atoms with Crippen molar-refractivity contribution in [1.82, 2.24) is 25.8 Å². The Morgan fingerprint density at radius 3 is 2.41 bits per heavy atom. The first-order chi connectivity index (χ1) is 16.2. The van der Waals surface area contributed by atoms with E-state index in [4.69, 9.17) is 11.5 Å². The zero-order valence-corrected chi connectivity index (χ0v) is 21.6. The molecule has 196 valence electrons. The number of carbonyl (C=O) groups excluding carboxylic acids is 1. The minimum atomic E-state index is -0.978. The molecule has 2 saturated heterocycles. The Labute approximate surface area is 205 Å². The number of rotatable bonds is 11. The highest BCUT2D eigenvalue weighted by Crippen LogP contribution is 2.41. The van der Waals surface area contributed by atoms with Gasteiger partial charge in [-0.05, 0) is 58.5 Å². The van der Waals surface area contributed by atoms with Crippen molar-refractivity contribution in [2.45, 2.75) is 70.5 Å². The molecule has 9 heteroatoms.